The highest BCUT2D eigenvalue weighted by Crippen LogP contribution is 2.37. The van der Waals surface area contributed by atoms with E-state index in [0.29, 0.717) is 42.5 Å². The number of amides is 3. The summed E-state index contributed by atoms with van der Waals surface area (Å²) in [5, 5.41) is 9.04. The van der Waals surface area contributed by atoms with Gasteiger partial charge >= 0.3 is 0 Å². The van der Waals surface area contributed by atoms with Crippen LogP contribution in [0, 0.1) is 5.82 Å². The van der Waals surface area contributed by atoms with E-state index < -0.39 is 29.7 Å². The van der Waals surface area contributed by atoms with E-state index in [0.717, 1.165) is 16.7 Å². The van der Waals surface area contributed by atoms with E-state index >= 15 is 0 Å². The monoisotopic (exact) mass is 594 g/mol. The zero-order chi connectivity index (χ0) is 29.6. The molecule has 0 spiro atoms. The van der Waals surface area contributed by atoms with Crippen LogP contribution < -0.4 is 25.4 Å². The molecule has 2 aliphatic heterocycles. The maximum Gasteiger partial charge on any atom is 0.254 e. The maximum atomic E-state index is 14.5. The Labute approximate surface area is 248 Å². The van der Waals surface area contributed by atoms with Crippen LogP contribution in [-0.4, -0.2) is 55.1 Å². The van der Waals surface area contributed by atoms with Gasteiger partial charge in [0.25, 0.3) is 5.91 Å². The van der Waals surface area contributed by atoms with Gasteiger partial charge in [0, 0.05) is 30.7 Å². The zero-order valence-electron chi connectivity index (χ0n) is 23.1. The van der Waals surface area contributed by atoms with Crippen molar-refractivity contribution in [1.29, 1.82) is 0 Å². The Balaban J connectivity index is 1.44. The van der Waals surface area contributed by atoms with Crippen molar-refractivity contribution in [2.75, 3.05) is 26.4 Å². The first-order valence-electron chi connectivity index (χ1n) is 13.8. The summed E-state index contributed by atoms with van der Waals surface area (Å²) in [7, 11) is 0. The lowest BCUT2D eigenvalue weighted by atomic mass is 10.0. The fraction of sp³-hybridized carbons (Fsp3) is 0.323. The fourth-order valence-electron chi connectivity index (χ4n) is 5.00. The smallest absolute Gasteiger partial charge is 0.254 e. The van der Waals surface area contributed by atoms with Crippen LogP contribution in [0.25, 0.3) is 0 Å². The summed E-state index contributed by atoms with van der Waals surface area (Å²) in [6, 6.07) is 15.7. The molecule has 0 saturated heterocycles. The molecular weight excluding hydrogens is 563 g/mol. The van der Waals surface area contributed by atoms with E-state index in [9.17, 15) is 18.8 Å². The molecule has 0 radical (unpaired) electrons. The van der Waals surface area contributed by atoms with E-state index in [-0.39, 0.29) is 31.4 Å². The van der Waals surface area contributed by atoms with E-state index in [1.54, 1.807) is 25.1 Å². The molecule has 2 aliphatic rings. The van der Waals surface area contributed by atoms with Crippen LogP contribution in [0.3, 0.4) is 0 Å². The minimum absolute atomic E-state index is 0.0387. The second kappa shape index (κ2) is 13.2. The molecule has 3 amide bonds. The Morgan fingerprint density at radius 1 is 1.00 bits per heavy atom. The minimum atomic E-state index is -0.956. The lowest BCUT2D eigenvalue weighted by Crippen LogP contribution is -2.48. The number of carbonyl (C=O) groups is 3. The number of hydrogen-bond donors (Lipinski definition) is 3. The highest BCUT2D eigenvalue weighted by atomic mass is 35.5. The average molecular weight is 595 g/mol. The molecule has 3 aromatic rings. The molecule has 3 aromatic carbocycles. The van der Waals surface area contributed by atoms with E-state index in [1.165, 1.54) is 12.1 Å². The van der Waals surface area contributed by atoms with Crippen molar-refractivity contribution in [3.63, 3.8) is 0 Å². The summed E-state index contributed by atoms with van der Waals surface area (Å²) < 4.78 is 25.5. The van der Waals surface area contributed by atoms with Gasteiger partial charge in [-0.05, 0) is 54.7 Å². The first-order chi connectivity index (χ1) is 20.3. The second-order valence-electron chi connectivity index (χ2n) is 10.4. The average Bonchev–Trinajstić information content (AvgIpc) is 3.42. The highest BCUT2D eigenvalue weighted by Gasteiger charge is 2.26. The Morgan fingerprint density at radius 2 is 1.76 bits per heavy atom. The Kier molecular flexibility index (Phi) is 9.24. The Morgan fingerprint density at radius 3 is 2.55 bits per heavy atom. The number of fused-ring (bicyclic) bond motifs is 3. The van der Waals surface area contributed by atoms with Crippen LogP contribution in [-0.2, 0) is 22.6 Å². The van der Waals surface area contributed by atoms with E-state index in [1.807, 2.05) is 35.2 Å². The standard InChI is InChI=1S/C31H32ClFN4O5/c1-19-30(39)36-26(21-7-3-2-4-8-21)16-37(15-22-13-27-28(14-24(22)32)42-18-41-27)17-29(38)34-11-5-6-20-9-10-25(33)23(12-20)31(40)35-19/h2-4,7-10,12-14,19,26H,5-6,11,15-18H2,1H3,(H,34,38)(H,35,40)(H,36,39)/t19-,26-/m1/s1. The molecule has 0 saturated carbocycles. The van der Waals surface area contributed by atoms with Crippen LogP contribution in [0.15, 0.2) is 60.7 Å². The molecule has 2 heterocycles. The summed E-state index contributed by atoms with van der Waals surface area (Å²) in [5.41, 5.74) is 2.16. The third-order valence-corrected chi connectivity index (χ3v) is 7.59. The number of carbonyl (C=O) groups excluding carboxylic acids is 3. The van der Waals surface area contributed by atoms with Crippen molar-refractivity contribution in [2.45, 2.75) is 38.4 Å². The molecule has 2 bridgehead atoms. The lowest BCUT2D eigenvalue weighted by molar-refractivity contribution is -0.123. The number of ether oxygens (including phenoxy) is 2. The third-order valence-electron chi connectivity index (χ3n) is 7.24. The Bertz CT molecular complexity index is 1470. The molecule has 220 valence electrons. The normalized spacial score (nSPS) is 20.3. The van der Waals surface area contributed by atoms with Gasteiger partial charge in [-0.2, -0.15) is 0 Å². The second-order valence-corrected chi connectivity index (χ2v) is 10.8. The van der Waals surface area contributed by atoms with Crippen LogP contribution in [0.1, 0.15) is 46.4 Å². The van der Waals surface area contributed by atoms with Gasteiger partial charge in [0.2, 0.25) is 18.6 Å². The fourth-order valence-corrected chi connectivity index (χ4v) is 5.22. The van der Waals surface area contributed by atoms with Gasteiger partial charge in [-0.3, -0.25) is 19.3 Å². The number of rotatable bonds is 3. The van der Waals surface area contributed by atoms with Gasteiger partial charge in [-0.25, -0.2) is 4.39 Å². The molecule has 9 nitrogen and oxygen atoms in total. The predicted molar refractivity (Wildman–Crippen MR) is 155 cm³/mol. The predicted octanol–water partition coefficient (Wildman–Crippen LogP) is 3.75. The van der Waals surface area contributed by atoms with Crippen molar-refractivity contribution >= 4 is 29.3 Å². The summed E-state index contributed by atoms with van der Waals surface area (Å²) >= 11 is 6.58. The number of halogens is 2. The van der Waals surface area contributed by atoms with Crippen LogP contribution in [0.4, 0.5) is 4.39 Å². The third kappa shape index (κ3) is 7.18. The molecule has 3 N–H and O–H groups in total. The molecule has 0 unspecified atom stereocenters. The van der Waals surface area contributed by atoms with Gasteiger partial charge in [-0.1, -0.05) is 48.0 Å². The molecule has 11 heteroatoms. The highest BCUT2D eigenvalue weighted by molar-refractivity contribution is 6.31. The molecular formula is C31H32ClFN4O5. The first-order valence-corrected chi connectivity index (χ1v) is 14.2. The quantitative estimate of drug-likeness (QED) is 0.426. The van der Waals surface area contributed by atoms with Crippen LogP contribution in [0.2, 0.25) is 5.02 Å². The van der Waals surface area contributed by atoms with Crippen molar-refractivity contribution < 1.29 is 28.2 Å². The van der Waals surface area contributed by atoms with Gasteiger partial charge < -0.3 is 25.4 Å². The SMILES string of the molecule is C[C@H]1NC(=O)c2cc(ccc2F)CCCNC(=O)CN(Cc2cc3c(cc2Cl)OCO3)C[C@H](c2ccccc2)NC1=O. The number of hydrogen-bond acceptors (Lipinski definition) is 6. The molecule has 0 fully saturated rings. The number of benzene rings is 3. The topological polar surface area (TPSA) is 109 Å². The van der Waals surface area contributed by atoms with Gasteiger partial charge in [0.1, 0.15) is 11.9 Å². The largest absolute Gasteiger partial charge is 0.454 e. The number of aryl methyl sites for hydroxylation is 1. The number of nitrogens with zero attached hydrogens (tertiary/aromatic N) is 1. The summed E-state index contributed by atoms with van der Waals surface area (Å²) in [4.78, 5) is 41.3. The minimum Gasteiger partial charge on any atom is -0.454 e. The summed E-state index contributed by atoms with van der Waals surface area (Å²) in [6.07, 6.45) is 1.12. The van der Waals surface area contributed by atoms with Gasteiger partial charge in [-0.15, -0.1) is 0 Å². The molecule has 2 atom stereocenters. The molecule has 0 aromatic heterocycles. The zero-order valence-corrected chi connectivity index (χ0v) is 23.9. The number of nitrogens with one attached hydrogen (secondary N) is 3. The van der Waals surface area contributed by atoms with Crippen molar-refractivity contribution in [3.8, 4) is 11.5 Å². The maximum absolute atomic E-state index is 14.5. The van der Waals surface area contributed by atoms with Crippen LogP contribution in [0.5, 0.6) is 11.5 Å². The molecule has 5 rings (SSSR count). The molecule has 0 aliphatic carbocycles. The van der Waals surface area contributed by atoms with Crippen molar-refractivity contribution in [2.24, 2.45) is 0 Å². The van der Waals surface area contributed by atoms with Gasteiger partial charge in [0.05, 0.1) is 18.2 Å². The first kappa shape index (κ1) is 29.3. The lowest BCUT2D eigenvalue weighted by Gasteiger charge is -2.29. The van der Waals surface area contributed by atoms with Crippen molar-refractivity contribution in [3.05, 3.63) is 93.8 Å². The van der Waals surface area contributed by atoms with Gasteiger partial charge in [0.15, 0.2) is 11.5 Å². The molecule has 42 heavy (non-hydrogen) atoms. The van der Waals surface area contributed by atoms with Crippen molar-refractivity contribution in [1.82, 2.24) is 20.9 Å². The summed E-state index contributed by atoms with van der Waals surface area (Å²) in [5.74, 6) is -0.870. The summed E-state index contributed by atoms with van der Waals surface area (Å²) in [6.45, 7) is 2.63. The van der Waals surface area contributed by atoms with E-state index in [2.05, 4.69) is 16.0 Å². The Hall–Kier alpha value is -4.15. The van der Waals surface area contributed by atoms with Crippen LogP contribution >= 0.6 is 11.6 Å². The van der Waals surface area contributed by atoms with E-state index in [4.69, 9.17) is 21.1 Å².